The first-order chi connectivity index (χ1) is 23.0. The number of hydrogen-bond donors (Lipinski definition) is 2. The van der Waals surface area contributed by atoms with Gasteiger partial charge in [0.05, 0.1) is 0 Å². The molecule has 3 aliphatic rings. The Hall–Kier alpha value is -4.90. The van der Waals surface area contributed by atoms with Gasteiger partial charge >= 0.3 is 12.1 Å². The number of alkyl carbamates (subject to hydrolysis) is 1. The van der Waals surface area contributed by atoms with Gasteiger partial charge in [-0.05, 0) is 66.5 Å². The lowest BCUT2D eigenvalue weighted by molar-refractivity contribution is -0.164. The number of benzene rings is 3. The summed E-state index contributed by atoms with van der Waals surface area (Å²) in [7, 11) is 0. The van der Waals surface area contributed by atoms with Gasteiger partial charge < -0.3 is 25.0 Å². The predicted molar refractivity (Wildman–Crippen MR) is 179 cm³/mol. The Balaban J connectivity index is 1.41. The fraction of sp³-hybridized carbons (Fsp3) is 0.297. The summed E-state index contributed by atoms with van der Waals surface area (Å²) in [4.78, 5) is 55.6. The molecule has 48 heavy (non-hydrogen) atoms. The van der Waals surface area contributed by atoms with E-state index in [1.165, 1.54) is 22.7 Å². The summed E-state index contributed by atoms with van der Waals surface area (Å²) in [6, 6.07) is 22.5. The van der Waals surface area contributed by atoms with Crippen molar-refractivity contribution < 1.29 is 33.0 Å². The van der Waals surface area contributed by atoms with Crippen LogP contribution in [0.1, 0.15) is 50.0 Å². The number of rotatable bonds is 8. The van der Waals surface area contributed by atoms with Crippen LogP contribution in [-0.2, 0) is 30.3 Å². The number of nitrogens with one attached hydrogen (secondary N) is 2. The van der Waals surface area contributed by atoms with Gasteiger partial charge in [-0.2, -0.15) is 0 Å². The molecule has 2 saturated heterocycles. The molecule has 0 aliphatic carbocycles. The van der Waals surface area contributed by atoms with E-state index in [-0.39, 0.29) is 12.3 Å². The zero-order chi connectivity index (χ0) is 34.0. The molecule has 2 fully saturated rings. The zero-order valence-electron chi connectivity index (χ0n) is 26.8. The van der Waals surface area contributed by atoms with Crippen molar-refractivity contribution in [2.75, 3.05) is 6.54 Å². The number of carbonyl (C=O) groups excluding carboxylic acids is 4. The summed E-state index contributed by atoms with van der Waals surface area (Å²) in [6.07, 6.45) is -1.19. The maximum atomic E-state index is 15.1. The van der Waals surface area contributed by atoms with Crippen molar-refractivity contribution in [3.63, 3.8) is 0 Å². The highest BCUT2D eigenvalue weighted by Gasteiger charge is 2.57. The average Bonchev–Trinajstić information content (AvgIpc) is 3.50. The van der Waals surface area contributed by atoms with Gasteiger partial charge in [-0.15, -0.1) is 11.8 Å². The highest BCUT2D eigenvalue weighted by atomic mass is 32.2. The first kappa shape index (κ1) is 33.0. The van der Waals surface area contributed by atoms with Crippen LogP contribution in [0.5, 0.6) is 0 Å². The van der Waals surface area contributed by atoms with Gasteiger partial charge in [0, 0.05) is 18.5 Å². The van der Waals surface area contributed by atoms with E-state index in [1.807, 2.05) is 60.7 Å². The van der Waals surface area contributed by atoms with E-state index in [0.717, 1.165) is 11.1 Å². The Morgan fingerprint density at radius 2 is 1.60 bits per heavy atom. The Labute approximate surface area is 282 Å². The van der Waals surface area contributed by atoms with Crippen LogP contribution in [-0.4, -0.2) is 58.4 Å². The van der Waals surface area contributed by atoms with E-state index < -0.39 is 52.9 Å². The van der Waals surface area contributed by atoms with Gasteiger partial charge in [-0.3, -0.25) is 9.59 Å². The summed E-state index contributed by atoms with van der Waals surface area (Å²) in [5.41, 5.74) is 2.25. The molecule has 3 heterocycles. The molecule has 0 unspecified atom stereocenters. The SMILES string of the molecule is CC(C)(C)OC(=O)N[C@@H]1C(=O)N2[C@@H](C(=O)OC(c3ccccc3)c3ccccc3)C(C(Cc3ccccc3F)=C3CCNC3=O)=CS[C@H]12. The van der Waals surface area contributed by atoms with Gasteiger partial charge in [0.15, 0.2) is 12.1 Å². The van der Waals surface area contributed by atoms with Crippen molar-refractivity contribution >= 4 is 35.6 Å². The fourth-order valence-corrected chi connectivity index (χ4v) is 7.35. The second-order valence-electron chi connectivity index (χ2n) is 12.7. The maximum absolute atomic E-state index is 15.1. The molecular formula is C37H36FN3O6S. The molecule has 6 rings (SSSR count). The molecule has 3 aliphatic heterocycles. The highest BCUT2D eigenvalue weighted by Crippen LogP contribution is 2.45. The van der Waals surface area contributed by atoms with Gasteiger partial charge in [0.25, 0.3) is 0 Å². The van der Waals surface area contributed by atoms with Crippen molar-refractivity contribution in [3.8, 4) is 0 Å². The third-order valence-electron chi connectivity index (χ3n) is 8.29. The van der Waals surface area contributed by atoms with E-state index in [4.69, 9.17) is 9.47 Å². The second kappa shape index (κ2) is 13.7. The molecule has 3 aromatic rings. The third kappa shape index (κ3) is 6.87. The number of esters is 1. The molecule has 3 atom stereocenters. The highest BCUT2D eigenvalue weighted by molar-refractivity contribution is 8.03. The lowest BCUT2D eigenvalue weighted by Gasteiger charge is -2.52. The molecule has 0 spiro atoms. The second-order valence-corrected chi connectivity index (χ2v) is 13.7. The third-order valence-corrected chi connectivity index (χ3v) is 9.46. The van der Waals surface area contributed by atoms with Crippen LogP contribution in [0.4, 0.5) is 9.18 Å². The Morgan fingerprint density at radius 3 is 2.19 bits per heavy atom. The van der Waals surface area contributed by atoms with E-state index in [2.05, 4.69) is 10.6 Å². The van der Waals surface area contributed by atoms with Gasteiger partial charge in [0.1, 0.15) is 22.8 Å². The van der Waals surface area contributed by atoms with E-state index >= 15 is 4.39 Å². The molecule has 0 saturated carbocycles. The van der Waals surface area contributed by atoms with Crippen LogP contribution in [0, 0.1) is 5.82 Å². The molecule has 0 bridgehead atoms. The van der Waals surface area contributed by atoms with Crippen LogP contribution in [0.15, 0.2) is 107 Å². The van der Waals surface area contributed by atoms with Gasteiger partial charge in [0.2, 0.25) is 11.8 Å². The number of ether oxygens (including phenoxy) is 2. The van der Waals surface area contributed by atoms with E-state index in [1.54, 1.807) is 44.4 Å². The van der Waals surface area contributed by atoms with Crippen molar-refractivity contribution in [1.29, 1.82) is 0 Å². The molecular weight excluding hydrogens is 633 g/mol. The number of nitrogens with zero attached hydrogens (tertiary/aromatic N) is 1. The lowest BCUT2D eigenvalue weighted by atomic mass is 9.86. The minimum absolute atomic E-state index is 0.0126. The number of fused-ring (bicyclic) bond motifs is 1. The van der Waals surface area contributed by atoms with Crippen molar-refractivity contribution in [1.82, 2.24) is 15.5 Å². The monoisotopic (exact) mass is 669 g/mol. The molecule has 3 amide bonds. The summed E-state index contributed by atoms with van der Waals surface area (Å²) >= 11 is 1.23. The number of β-lactam (4-membered cyclic amide) rings is 1. The summed E-state index contributed by atoms with van der Waals surface area (Å²) in [6.45, 7) is 5.55. The van der Waals surface area contributed by atoms with Crippen molar-refractivity contribution in [3.05, 3.63) is 130 Å². The Morgan fingerprint density at radius 1 is 0.979 bits per heavy atom. The standard InChI is InChI=1S/C37H36FN3O6S/c1-37(2,3)47-36(45)40-29-33(43)41-30(35(44)46-31(22-12-6-4-7-13-22)23-14-8-5-9-15-23)27(21-48-34(29)41)26(25-18-19-39-32(25)42)20-24-16-10-11-17-28(24)38/h4-17,21,29-31,34H,18-20H2,1-3H3,(H,39,42)(H,40,45)/t29-,30-,34-/m1/s1. The van der Waals surface area contributed by atoms with Crippen LogP contribution < -0.4 is 10.6 Å². The lowest BCUT2D eigenvalue weighted by Crippen LogP contribution is -2.74. The summed E-state index contributed by atoms with van der Waals surface area (Å²) in [5.74, 6) is -2.00. The predicted octanol–water partition coefficient (Wildman–Crippen LogP) is 5.58. The molecule has 3 aromatic carbocycles. The summed E-state index contributed by atoms with van der Waals surface area (Å²) in [5, 5.41) is 6.54. The minimum atomic E-state index is -1.28. The van der Waals surface area contributed by atoms with E-state index in [9.17, 15) is 19.2 Å². The molecule has 0 aromatic heterocycles. The van der Waals surface area contributed by atoms with Crippen LogP contribution in [0.2, 0.25) is 0 Å². The van der Waals surface area contributed by atoms with Crippen molar-refractivity contribution in [2.45, 2.75) is 62.8 Å². The molecule has 248 valence electrons. The van der Waals surface area contributed by atoms with Crippen LogP contribution in [0.3, 0.4) is 0 Å². The quantitative estimate of drug-likeness (QED) is 0.183. The van der Waals surface area contributed by atoms with Gasteiger partial charge in [-0.25, -0.2) is 14.0 Å². The smallest absolute Gasteiger partial charge is 0.408 e. The van der Waals surface area contributed by atoms with Crippen LogP contribution in [0.25, 0.3) is 0 Å². The molecule has 2 N–H and O–H groups in total. The van der Waals surface area contributed by atoms with Crippen molar-refractivity contribution in [2.24, 2.45) is 0 Å². The molecule has 11 heteroatoms. The average molecular weight is 670 g/mol. The largest absolute Gasteiger partial charge is 0.451 e. The Kier molecular flexibility index (Phi) is 9.41. The van der Waals surface area contributed by atoms with Crippen LogP contribution >= 0.6 is 11.8 Å². The fourth-order valence-electron chi connectivity index (χ4n) is 6.10. The number of thioether (sulfide) groups is 1. The number of hydrogen-bond acceptors (Lipinski definition) is 7. The normalized spacial score (nSPS) is 21.5. The maximum Gasteiger partial charge on any atom is 0.408 e. The van der Waals surface area contributed by atoms with Gasteiger partial charge in [-0.1, -0.05) is 78.9 Å². The molecule has 0 radical (unpaired) electrons. The number of carbonyl (C=O) groups is 4. The first-order valence-corrected chi connectivity index (χ1v) is 16.7. The number of halogens is 1. The topological polar surface area (TPSA) is 114 Å². The Bertz CT molecular complexity index is 1750. The summed E-state index contributed by atoms with van der Waals surface area (Å²) < 4.78 is 26.7. The van der Waals surface area contributed by atoms with E-state index in [0.29, 0.717) is 35.2 Å². The first-order valence-electron chi connectivity index (χ1n) is 15.7. The number of amides is 3. The minimum Gasteiger partial charge on any atom is -0.451 e. The molecule has 9 nitrogen and oxygen atoms in total. The zero-order valence-corrected chi connectivity index (χ0v) is 27.6.